The standard InChI is InChI=1S/C40H37O2P/c1-6-16-33(17-7-1)31-41-36-28-35(29-37(30-36)42-32-34-18-8-2-9-19-34)26-27-43(38-20-10-3-11-21-38,39-22-12-4-13-23-39)40-24-14-5-15-25-40/h1-25,28-30,43H,26-27,31-32H2. The molecule has 214 valence electrons. The van der Waals surface area contributed by atoms with Crippen LogP contribution in [0.15, 0.2) is 170 Å². The summed E-state index contributed by atoms with van der Waals surface area (Å²) < 4.78 is 12.7. The second-order valence-corrected chi connectivity index (χ2v) is 14.9. The molecule has 2 nitrogen and oxygen atoms in total. The molecule has 0 atom stereocenters. The molecule has 0 fully saturated rings. The maximum absolute atomic E-state index is 6.34. The van der Waals surface area contributed by atoms with Gasteiger partial charge in [-0.15, -0.1) is 0 Å². The molecule has 0 aromatic heterocycles. The van der Waals surface area contributed by atoms with Gasteiger partial charge in [0, 0.05) is 0 Å². The molecule has 0 aliphatic rings. The van der Waals surface area contributed by atoms with Crippen LogP contribution >= 0.6 is 7.26 Å². The summed E-state index contributed by atoms with van der Waals surface area (Å²) in [4.78, 5) is 0. The fourth-order valence-electron chi connectivity index (χ4n) is 5.86. The second-order valence-electron chi connectivity index (χ2n) is 10.9. The van der Waals surface area contributed by atoms with E-state index in [0.29, 0.717) is 13.2 Å². The van der Waals surface area contributed by atoms with Gasteiger partial charge in [-0.2, -0.15) is 0 Å². The van der Waals surface area contributed by atoms with E-state index in [1.807, 2.05) is 42.5 Å². The Morgan fingerprint density at radius 1 is 0.372 bits per heavy atom. The molecular formula is C40H37O2P. The van der Waals surface area contributed by atoms with E-state index in [0.717, 1.165) is 35.2 Å². The van der Waals surface area contributed by atoms with Gasteiger partial charge in [0.2, 0.25) is 0 Å². The van der Waals surface area contributed by atoms with Crippen LogP contribution in [0.5, 0.6) is 11.5 Å². The molecule has 0 N–H and O–H groups in total. The molecule has 0 saturated carbocycles. The van der Waals surface area contributed by atoms with Crippen LogP contribution in [-0.2, 0) is 19.6 Å². The molecule has 0 bridgehead atoms. The predicted octanol–water partition coefficient (Wildman–Crippen LogP) is 8.11. The molecular weight excluding hydrogens is 543 g/mol. The van der Waals surface area contributed by atoms with Crippen LogP contribution in [-0.4, -0.2) is 6.16 Å². The molecule has 0 radical (unpaired) electrons. The maximum atomic E-state index is 6.34. The fraction of sp³-hybridized carbons (Fsp3) is 0.100. The van der Waals surface area contributed by atoms with Gasteiger partial charge in [-0.05, 0) is 0 Å². The van der Waals surface area contributed by atoms with E-state index >= 15 is 0 Å². The number of aryl methyl sites for hydroxylation is 1. The third-order valence-electron chi connectivity index (χ3n) is 8.02. The van der Waals surface area contributed by atoms with E-state index in [2.05, 4.69) is 127 Å². The number of rotatable bonds is 12. The third kappa shape index (κ3) is 7.05. The van der Waals surface area contributed by atoms with Gasteiger partial charge in [-0.1, -0.05) is 0 Å². The Hall–Kier alpha value is -4.65. The van der Waals surface area contributed by atoms with Crippen molar-refractivity contribution in [3.8, 4) is 11.5 Å². The minimum absolute atomic E-state index is 0.513. The van der Waals surface area contributed by atoms with Gasteiger partial charge in [-0.3, -0.25) is 0 Å². The van der Waals surface area contributed by atoms with Gasteiger partial charge in [0.15, 0.2) is 0 Å². The molecule has 3 heteroatoms. The summed E-state index contributed by atoms with van der Waals surface area (Å²) in [5, 5.41) is 4.26. The molecule has 0 aliphatic heterocycles. The zero-order valence-electron chi connectivity index (χ0n) is 24.3. The molecule has 43 heavy (non-hydrogen) atoms. The minimum atomic E-state index is -2.37. The molecule has 6 rings (SSSR count). The van der Waals surface area contributed by atoms with Crippen LogP contribution < -0.4 is 25.4 Å². The van der Waals surface area contributed by atoms with Crippen molar-refractivity contribution in [3.63, 3.8) is 0 Å². The summed E-state index contributed by atoms with van der Waals surface area (Å²) in [6.45, 7) is 1.03. The summed E-state index contributed by atoms with van der Waals surface area (Å²) in [6, 6.07) is 60.3. The normalized spacial score (nSPS) is 11.5. The van der Waals surface area contributed by atoms with Gasteiger partial charge >= 0.3 is 256 Å². The number of hydrogen-bond donors (Lipinski definition) is 0. The first kappa shape index (κ1) is 28.5. The Morgan fingerprint density at radius 2 is 0.721 bits per heavy atom. The van der Waals surface area contributed by atoms with Crippen LogP contribution in [0.1, 0.15) is 16.7 Å². The Kier molecular flexibility index (Phi) is 9.28. The van der Waals surface area contributed by atoms with Gasteiger partial charge < -0.3 is 0 Å². The Balaban J connectivity index is 1.35. The summed E-state index contributed by atoms with van der Waals surface area (Å²) in [6.07, 6.45) is 1.92. The number of ether oxygens (including phenoxy) is 2. The monoisotopic (exact) mass is 580 g/mol. The van der Waals surface area contributed by atoms with Crippen molar-refractivity contribution in [3.05, 3.63) is 187 Å². The first-order valence-electron chi connectivity index (χ1n) is 14.9. The molecule has 0 unspecified atom stereocenters. The molecule has 0 saturated heterocycles. The van der Waals surface area contributed by atoms with Crippen LogP contribution in [0.3, 0.4) is 0 Å². The van der Waals surface area contributed by atoms with Gasteiger partial charge in [0.25, 0.3) is 0 Å². The third-order valence-corrected chi connectivity index (χ3v) is 13.0. The summed E-state index contributed by atoms with van der Waals surface area (Å²) in [5.41, 5.74) is 3.50. The van der Waals surface area contributed by atoms with Crippen molar-refractivity contribution < 1.29 is 9.47 Å². The quantitative estimate of drug-likeness (QED) is 0.136. The average molecular weight is 581 g/mol. The van der Waals surface area contributed by atoms with Crippen LogP contribution in [0.2, 0.25) is 0 Å². The van der Waals surface area contributed by atoms with Crippen molar-refractivity contribution in [2.75, 3.05) is 6.16 Å². The Morgan fingerprint density at radius 3 is 1.09 bits per heavy atom. The van der Waals surface area contributed by atoms with E-state index in [-0.39, 0.29) is 0 Å². The Labute approximate surface area is 255 Å². The summed E-state index contributed by atoms with van der Waals surface area (Å²) in [5.74, 6) is 1.66. The molecule has 0 spiro atoms. The number of hydrogen-bond acceptors (Lipinski definition) is 2. The SMILES string of the molecule is c1ccc(COc2cc(CC[PH](c3ccccc3)(c3ccccc3)c3ccccc3)cc(OCc3ccccc3)c2)cc1. The zero-order valence-corrected chi connectivity index (χ0v) is 25.3. The van der Waals surface area contributed by atoms with Crippen molar-refractivity contribution in [1.82, 2.24) is 0 Å². The van der Waals surface area contributed by atoms with Gasteiger partial charge in [0.1, 0.15) is 0 Å². The van der Waals surface area contributed by atoms with Crippen LogP contribution in [0.4, 0.5) is 0 Å². The average Bonchev–Trinajstić information content (AvgIpc) is 3.09. The van der Waals surface area contributed by atoms with Crippen molar-refractivity contribution in [2.24, 2.45) is 0 Å². The van der Waals surface area contributed by atoms with E-state index < -0.39 is 7.26 Å². The molecule has 6 aromatic rings. The van der Waals surface area contributed by atoms with Gasteiger partial charge in [0.05, 0.1) is 0 Å². The van der Waals surface area contributed by atoms with E-state index in [1.165, 1.54) is 21.5 Å². The van der Waals surface area contributed by atoms with E-state index in [4.69, 9.17) is 9.47 Å². The summed E-state index contributed by atoms with van der Waals surface area (Å²) >= 11 is 0. The molecule has 0 amide bonds. The topological polar surface area (TPSA) is 18.5 Å². The summed E-state index contributed by atoms with van der Waals surface area (Å²) in [7, 11) is -2.37. The first-order chi connectivity index (χ1) is 21.3. The van der Waals surface area contributed by atoms with Gasteiger partial charge in [-0.25, -0.2) is 0 Å². The number of benzene rings is 6. The van der Waals surface area contributed by atoms with E-state index in [9.17, 15) is 0 Å². The van der Waals surface area contributed by atoms with Crippen molar-refractivity contribution >= 4 is 23.2 Å². The Bertz CT molecular complexity index is 1530. The van der Waals surface area contributed by atoms with Crippen LogP contribution in [0, 0.1) is 0 Å². The second kappa shape index (κ2) is 14.0. The van der Waals surface area contributed by atoms with Crippen LogP contribution in [0.25, 0.3) is 0 Å². The zero-order chi connectivity index (χ0) is 29.2. The van der Waals surface area contributed by atoms with Crippen molar-refractivity contribution in [1.29, 1.82) is 0 Å². The van der Waals surface area contributed by atoms with E-state index in [1.54, 1.807) is 0 Å². The first-order valence-corrected chi connectivity index (χ1v) is 17.1. The fourth-order valence-corrected chi connectivity index (χ4v) is 10.7. The van der Waals surface area contributed by atoms with Crippen molar-refractivity contribution in [2.45, 2.75) is 19.6 Å². The molecule has 6 aromatic carbocycles. The molecule has 0 heterocycles. The predicted molar refractivity (Wildman–Crippen MR) is 183 cm³/mol. The molecule has 0 aliphatic carbocycles.